The molecule has 0 spiro atoms. The van der Waals surface area contributed by atoms with Crippen molar-refractivity contribution in [1.29, 1.82) is 0 Å². The number of benzene rings is 1. The van der Waals surface area contributed by atoms with Crippen molar-refractivity contribution >= 4 is 44.9 Å². The first-order chi connectivity index (χ1) is 10.4. The zero-order valence-corrected chi connectivity index (χ0v) is 13.5. The number of nitrogens with one attached hydrogen (secondary N) is 1. The summed E-state index contributed by atoms with van der Waals surface area (Å²) in [7, 11) is 0. The number of rotatable bonds is 3. The van der Waals surface area contributed by atoms with Gasteiger partial charge in [-0.25, -0.2) is 0 Å². The Morgan fingerprint density at radius 1 is 1.41 bits per heavy atom. The van der Waals surface area contributed by atoms with E-state index >= 15 is 0 Å². The number of Topliss-reactive ketones (excluding diaryl/α,β-unsaturated/α-hetero) is 1. The van der Waals surface area contributed by atoms with Crippen LogP contribution in [0.5, 0.6) is 0 Å². The van der Waals surface area contributed by atoms with Gasteiger partial charge in [0.15, 0.2) is 11.4 Å². The second-order valence-electron chi connectivity index (χ2n) is 4.97. The molecule has 2 aromatic rings. The molecule has 5 nitrogen and oxygen atoms in total. The Bertz CT molecular complexity index is 796. The first-order valence-corrected chi connectivity index (χ1v) is 7.55. The normalized spacial score (nSPS) is 19.7. The van der Waals surface area contributed by atoms with Gasteiger partial charge in [0.1, 0.15) is 0 Å². The van der Waals surface area contributed by atoms with Crippen molar-refractivity contribution in [3.05, 3.63) is 57.3 Å². The summed E-state index contributed by atoms with van der Waals surface area (Å²) in [5.41, 5.74) is -1.03. The molecule has 3 rings (SSSR count). The number of halogens is 2. The summed E-state index contributed by atoms with van der Waals surface area (Å²) in [6.07, 6.45) is 2.52. The van der Waals surface area contributed by atoms with E-state index < -0.39 is 23.7 Å². The van der Waals surface area contributed by atoms with Crippen molar-refractivity contribution in [2.24, 2.45) is 0 Å². The first kappa shape index (κ1) is 15.1. The van der Waals surface area contributed by atoms with Crippen LogP contribution in [0.1, 0.15) is 22.3 Å². The molecule has 112 valence electrons. The SMILES string of the molecule is O=C(CC1(O)C(=O)Nc2cccc(Cl)c21)c1cncc(Br)c1. The maximum atomic E-state index is 12.4. The van der Waals surface area contributed by atoms with Crippen molar-refractivity contribution in [3.63, 3.8) is 0 Å². The lowest BCUT2D eigenvalue weighted by Crippen LogP contribution is -2.36. The number of fused-ring (bicyclic) bond motifs is 1. The highest BCUT2D eigenvalue weighted by atomic mass is 79.9. The van der Waals surface area contributed by atoms with Gasteiger partial charge in [0.05, 0.1) is 6.42 Å². The molecule has 2 heterocycles. The number of carbonyl (C=O) groups is 2. The van der Waals surface area contributed by atoms with Crippen LogP contribution in [0.15, 0.2) is 41.1 Å². The maximum Gasteiger partial charge on any atom is 0.261 e. The molecule has 1 atom stereocenters. The number of pyridine rings is 1. The zero-order chi connectivity index (χ0) is 15.9. The van der Waals surface area contributed by atoms with E-state index in [0.29, 0.717) is 15.7 Å². The minimum absolute atomic E-state index is 0.234. The van der Waals surface area contributed by atoms with E-state index in [0.717, 1.165) is 0 Å². The van der Waals surface area contributed by atoms with E-state index in [4.69, 9.17) is 11.6 Å². The van der Waals surface area contributed by atoms with Gasteiger partial charge in [-0.15, -0.1) is 0 Å². The third-order valence-electron chi connectivity index (χ3n) is 3.49. The van der Waals surface area contributed by atoms with E-state index in [2.05, 4.69) is 26.2 Å². The van der Waals surface area contributed by atoms with Crippen molar-refractivity contribution in [1.82, 2.24) is 4.98 Å². The van der Waals surface area contributed by atoms with Crippen LogP contribution in [-0.4, -0.2) is 21.8 Å². The maximum absolute atomic E-state index is 12.4. The molecular weight excluding hydrogens is 372 g/mol. The van der Waals surface area contributed by atoms with Crippen LogP contribution in [-0.2, 0) is 10.4 Å². The van der Waals surface area contributed by atoms with Crippen LogP contribution in [0.2, 0.25) is 5.02 Å². The summed E-state index contributed by atoms with van der Waals surface area (Å²) in [5.74, 6) is -1.06. The second kappa shape index (κ2) is 5.46. The summed E-state index contributed by atoms with van der Waals surface area (Å²) in [5, 5.41) is 13.5. The molecule has 0 radical (unpaired) electrons. The topological polar surface area (TPSA) is 79.3 Å². The monoisotopic (exact) mass is 380 g/mol. The molecule has 0 bridgehead atoms. The molecule has 1 unspecified atom stereocenters. The number of carbonyl (C=O) groups excluding carboxylic acids is 2. The molecule has 1 aliphatic heterocycles. The Balaban J connectivity index is 1.98. The summed E-state index contributed by atoms with van der Waals surface area (Å²) in [6, 6.07) is 6.44. The highest BCUT2D eigenvalue weighted by Crippen LogP contribution is 2.43. The summed E-state index contributed by atoms with van der Waals surface area (Å²) in [6.45, 7) is 0. The van der Waals surface area contributed by atoms with Crippen LogP contribution in [0.25, 0.3) is 0 Å². The standard InChI is InChI=1S/C15H10BrClN2O3/c16-9-4-8(6-18-7-9)12(20)5-15(22)13-10(17)2-1-3-11(13)19-14(15)21/h1-4,6-7,22H,5H2,(H,19,21). The smallest absolute Gasteiger partial charge is 0.261 e. The molecule has 0 saturated carbocycles. The lowest BCUT2D eigenvalue weighted by Gasteiger charge is -2.20. The number of ketones is 1. The van der Waals surface area contributed by atoms with Crippen molar-refractivity contribution in [2.45, 2.75) is 12.0 Å². The lowest BCUT2D eigenvalue weighted by atomic mass is 9.88. The van der Waals surface area contributed by atoms with E-state index in [1.54, 1.807) is 30.5 Å². The van der Waals surface area contributed by atoms with Crippen LogP contribution < -0.4 is 5.32 Å². The molecular formula is C15H10BrClN2O3. The fraction of sp³-hybridized carbons (Fsp3) is 0.133. The fourth-order valence-electron chi connectivity index (χ4n) is 2.46. The Morgan fingerprint density at radius 2 is 2.18 bits per heavy atom. The highest BCUT2D eigenvalue weighted by Gasteiger charge is 2.48. The van der Waals surface area contributed by atoms with Crippen molar-refractivity contribution < 1.29 is 14.7 Å². The molecule has 2 N–H and O–H groups in total. The third-order valence-corrected chi connectivity index (χ3v) is 4.24. The number of aliphatic hydroxyl groups is 1. The van der Waals surface area contributed by atoms with Crippen LogP contribution >= 0.6 is 27.5 Å². The number of aromatic nitrogens is 1. The Kier molecular flexibility index (Phi) is 3.76. The van der Waals surface area contributed by atoms with Gasteiger partial charge in [0.2, 0.25) is 0 Å². The highest BCUT2D eigenvalue weighted by molar-refractivity contribution is 9.10. The molecule has 0 saturated heterocycles. The molecule has 22 heavy (non-hydrogen) atoms. The number of amides is 1. The molecule has 1 amide bonds. The first-order valence-electron chi connectivity index (χ1n) is 6.38. The minimum Gasteiger partial charge on any atom is -0.375 e. The van der Waals surface area contributed by atoms with Gasteiger partial charge in [-0.3, -0.25) is 14.6 Å². The van der Waals surface area contributed by atoms with Gasteiger partial charge >= 0.3 is 0 Å². The lowest BCUT2D eigenvalue weighted by molar-refractivity contribution is -0.133. The average Bonchev–Trinajstić information content (AvgIpc) is 2.71. The summed E-state index contributed by atoms with van der Waals surface area (Å²) in [4.78, 5) is 28.4. The number of anilines is 1. The average molecular weight is 382 g/mol. The molecule has 0 fully saturated rings. The largest absolute Gasteiger partial charge is 0.375 e. The van der Waals surface area contributed by atoms with E-state index in [9.17, 15) is 14.7 Å². The van der Waals surface area contributed by atoms with Gasteiger partial charge in [-0.2, -0.15) is 0 Å². The second-order valence-corrected chi connectivity index (χ2v) is 6.29. The predicted molar refractivity (Wildman–Crippen MR) is 84.9 cm³/mol. The molecule has 1 aliphatic rings. The number of hydrogen-bond donors (Lipinski definition) is 2. The molecule has 1 aromatic heterocycles. The van der Waals surface area contributed by atoms with Crippen molar-refractivity contribution in [3.8, 4) is 0 Å². The van der Waals surface area contributed by atoms with Crippen LogP contribution in [0, 0.1) is 0 Å². The Labute approximate surface area is 139 Å². The van der Waals surface area contributed by atoms with Crippen LogP contribution in [0.4, 0.5) is 5.69 Å². The van der Waals surface area contributed by atoms with Crippen LogP contribution in [0.3, 0.4) is 0 Å². The zero-order valence-electron chi connectivity index (χ0n) is 11.1. The van der Waals surface area contributed by atoms with E-state index in [1.807, 2.05) is 0 Å². The summed E-state index contributed by atoms with van der Waals surface area (Å²) >= 11 is 9.32. The molecule has 1 aromatic carbocycles. The van der Waals surface area contributed by atoms with Gasteiger partial charge in [0, 0.05) is 38.7 Å². The van der Waals surface area contributed by atoms with Crippen molar-refractivity contribution in [2.75, 3.05) is 5.32 Å². The third kappa shape index (κ3) is 2.43. The van der Waals surface area contributed by atoms with Gasteiger partial charge in [-0.1, -0.05) is 17.7 Å². The molecule has 7 heteroatoms. The Hall–Kier alpha value is -1.76. The number of hydrogen-bond acceptors (Lipinski definition) is 4. The van der Waals surface area contributed by atoms with E-state index in [1.165, 1.54) is 6.20 Å². The molecule has 0 aliphatic carbocycles. The number of nitrogens with zero attached hydrogens (tertiary/aromatic N) is 1. The van der Waals surface area contributed by atoms with Gasteiger partial charge < -0.3 is 10.4 Å². The quantitative estimate of drug-likeness (QED) is 0.801. The van der Waals surface area contributed by atoms with E-state index in [-0.39, 0.29) is 10.6 Å². The minimum atomic E-state index is -1.98. The predicted octanol–water partition coefficient (Wildman–Crippen LogP) is 2.91. The van der Waals surface area contributed by atoms with Gasteiger partial charge in [-0.05, 0) is 34.1 Å². The summed E-state index contributed by atoms with van der Waals surface area (Å²) < 4.78 is 0.639. The Morgan fingerprint density at radius 3 is 2.91 bits per heavy atom. The van der Waals surface area contributed by atoms with Gasteiger partial charge in [0.25, 0.3) is 5.91 Å². The fourth-order valence-corrected chi connectivity index (χ4v) is 3.15.